The minimum absolute atomic E-state index is 0.00344. The molecule has 4 aliphatic rings. The van der Waals surface area contributed by atoms with Gasteiger partial charge in [-0.15, -0.1) is 0 Å². The van der Waals surface area contributed by atoms with Crippen LogP contribution in [0.5, 0.6) is 0 Å². The van der Waals surface area contributed by atoms with E-state index < -0.39 is 29.1 Å². The van der Waals surface area contributed by atoms with Gasteiger partial charge in [-0.25, -0.2) is 0 Å². The molecular weight excluding hydrogens is 470 g/mol. The molecule has 2 unspecified atom stereocenters. The highest BCUT2D eigenvalue weighted by molar-refractivity contribution is 6.04. The number of hydrogen-bond acceptors (Lipinski definition) is 5. The number of likely N-dealkylation sites (tertiary alicyclic amines) is 1. The molecule has 6 atom stereocenters. The van der Waals surface area contributed by atoms with E-state index in [4.69, 9.17) is 4.74 Å². The third kappa shape index (κ3) is 3.92. The van der Waals surface area contributed by atoms with Gasteiger partial charge in [0.15, 0.2) is 0 Å². The number of anilines is 1. The van der Waals surface area contributed by atoms with Crippen molar-refractivity contribution in [2.24, 2.45) is 11.8 Å². The fourth-order valence-electron chi connectivity index (χ4n) is 6.83. The highest BCUT2D eigenvalue weighted by Crippen LogP contribution is 2.57. The van der Waals surface area contributed by atoms with E-state index in [1.165, 1.54) is 0 Å². The number of amides is 3. The fourth-order valence-corrected chi connectivity index (χ4v) is 6.83. The predicted octanol–water partition coefficient (Wildman–Crippen LogP) is 2.53. The van der Waals surface area contributed by atoms with Gasteiger partial charge in [0, 0.05) is 38.0 Å². The van der Waals surface area contributed by atoms with Crippen molar-refractivity contribution in [2.75, 3.05) is 31.1 Å². The lowest BCUT2D eigenvalue weighted by Gasteiger charge is -2.38. The first-order valence-electron chi connectivity index (χ1n) is 13.4. The second-order valence-electron chi connectivity index (χ2n) is 10.8. The highest BCUT2D eigenvalue weighted by Gasteiger charge is 2.74. The lowest BCUT2D eigenvalue weighted by atomic mass is 9.74. The SMILES string of the molecule is CCCC(C)N1CC=C[C@]23O[C@]4(C)C=CCN(c5ccccc5)C(=O)[C@@H]4[C@H]2C(=O)N(CCCO)C3C1=O. The van der Waals surface area contributed by atoms with Crippen LogP contribution in [0.1, 0.15) is 40.0 Å². The Morgan fingerprint density at radius 3 is 2.46 bits per heavy atom. The zero-order chi connectivity index (χ0) is 26.4. The number of rotatable bonds is 7. The van der Waals surface area contributed by atoms with E-state index in [2.05, 4.69) is 6.92 Å². The number of nitrogens with zero attached hydrogens (tertiary/aromatic N) is 3. The molecule has 0 aliphatic carbocycles. The number of aliphatic hydroxyl groups excluding tert-OH is 1. The van der Waals surface area contributed by atoms with Gasteiger partial charge >= 0.3 is 0 Å². The van der Waals surface area contributed by atoms with Crippen LogP contribution in [0, 0.1) is 11.8 Å². The standard InChI is InChI=1S/C29H37N3O5/c1-4-11-20(2)30-16-9-15-29-23(26(35)32(18-10-19-33)24(29)27(30)36)22-25(34)31(21-12-6-5-7-13-21)17-8-14-28(22,3)37-29/h5-9,12-15,20,22-24,33H,4,10-11,16-19H2,1-3H3/t20?,22-,23-,24?,28+,29-/m0/s1. The van der Waals surface area contributed by atoms with Gasteiger partial charge in [0.25, 0.3) is 0 Å². The number of carbonyl (C=O) groups excluding carboxylic acids is 3. The van der Waals surface area contributed by atoms with Crippen LogP contribution < -0.4 is 4.90 Å². The van der Waals surface area contributed by atoms with E-state index in [1.54, 1.807) is 9.80 Å². The van der Waals surface area contributed by atoms with Crippen molar-refractivity contribution in [2.45, 2.75) is 63.3 Å². The van der Waals surface area contributed by atoms with Gasteiger partial charge in [-0.3, -0.25) is 14.4 Å². The van der Waals surface area contributed by atoms with Gasteiger partial charge in [-0.2, -0.15) is 0 Å². The summed E-state index contributed by atoms with van der Waals surface area (Å²) in [6, 6.07) is 8.55. The number of hydrogen-bond donors (Lipinski definition) is 1. The molecule has 1 aromatic rings. The molecule has 4 heterocycles. The first kappa shape index (κ1) is 25.7. The summed E-state index contributed by atoms with van der Waals surface area (Å²) in [5.41, 5.74) is -1.55. The summed E-state index contributed by atoms with van der Waals surface area (Å²) in [5, 5.41) is 9.56. The van der Waals surface area contributed by atoms with Crippen LogP contribution >= 0.6 is 0 Å². The number of ether oxygens (including phenoxy) is 1. The quantitative estimate of drug-likeness (QED) is 0.573. The van der Waals surface area contributed by atoms with Crippen molar-refractivity contribution in [3.8, 4) is 0 Å². The summed E-state index contributed by atoms with van der Waals surface area (Å²) in [7, 11) is 0. The van der Waals surface area contributed by atoms with E-state index >= 15 is 0 Å². The lowest BCUT2D eigenvalue weighted by Crippen LogP contribution is -2.57. The molecule has 2 fully saturated rings. The normalized spacial score (nSPS) is 33.8. The minimum atomic E-state index is -1.26. The average Bonchev–Trinajstić information content (AvgIpc) is 3.14. The van der Waals surface area contributed by atoms with Crippen LogP contribution in [0.3, 0.4) is 0 Å². The zero-order valence-electron chi connectivity index (χ0n) is 21.9. The van der Waals surface area contributed by atoms with Crippen molar-refractivity contribution in [1.29, 1.82) is 0 Å². The molecule has 1 aromatic carbocycles. The Kier molecular flexibility index (Phi) is 6.75. The number of aliphatic hydroxyl groups is 1. The number of benzene rings is 1. The van der Waals surface area contributed by atoms with Gasteiger partial charge in [-0.1, -0.05) is 55.8 Å². The molecule has 0 saturated carbocycles. The van der Waals surface area contributed by atoms with Crippen LogP contribution in [0.15, 0.2) is 54.6 Å². The van der Waals surface area contributed by atoms with E-state index in [1.807, 2.05) is 73.4 Å². The maximum absolute atomic E-state index is 14.2. The fraction of sp³-hybridized carbons (Fsp3) is 0.552. The van der Waals surface area contributed by atoms with Crippen molar-refractivity contribution in [3.63, 3.8) is 0 Å². The molecule has 1 N–H and O–H groups in total. The summed E-state index contributed by atoms with van der Waals surface area (Å²) in [6.45, 7) is 6.91. The van der Waals surface area contributed by atoms with Crippen LogP contribution in [0.25, 0.3) is 0 Å². The highest BCUT2D eigenvalue weighted by atomic mass is 16.5. The van der Waals surface area contributed by atoms with E-state index in [9.17, 15) is 19.5 Å². The van der Waals surface area contributed by atoms with Crippen molar-refractivity contribution in [3.05, 3.63) is 54.6 Å². The van der Waals surface area contributed by atoms with Gasteiger partial charge < -0.3 is 24.5 Å². The van der Waals surface area contributed by atoms with Crippen LogP contribution in [-0.2, 0) is 19.1 Å². The molecule has 5 rings (SSSR count). The molecule has 8 heteroatoms. The van der Waals surface area contributed by atoms with Gasteiger partial charge in [-0.05, 0) is 38.8 Å². The van der Waals surface area contributed by atoms with Crippen molar-refractivity contribution < 1.29 is 24.2 Å². The monoisotopic (exact) mass is 507 g/mol. The summed E-state index contributed by atoms with van der Waals surface area (Å²) in [6.07, 6.45) is 9.76. The Labute approximate surface area is 218 Å². The first-order chi connectivity index (χ1) is 17.8. The average molecular weight is 508 g/mol. The second kappa shape index (κ2) is 9.72. The minimum Gasteiger partial charge on any atom is -0.396 e. The Hall–Kier alpha value is -2.97. The molecular formula is C29H37N3O5. The zero-order valence-corrected chi connectivity index (χ0v) is 21.9. The molecule has 2 saturated heterocycles. The molecule has 198 valence electrons. The maximum Gasteiger partial charge on any atom is 0.249 e. The van der Waals surface area contributed by atoms with E-state index in [0.717, 1.165) is 18.5 Å². The number of fused-ring (bicyclic) bond motifs is 2. The van der Waals surface area contributed by atoms with Crippen LogP contribution in [0.2, 0.25) is 0 Å². The third-order valence-electron chi connectivity index (χ3n) is 8.45. The summed E-state index contributed by atoms with van der Waals surface area (Å²) in [5.74, 6) is -2.23. The van der Waals surface area contributed by atoms with Crippen LogP contribution in [0.4, 0.5) is 5.69 Å². The molecule has 37 heavy (non-hydrogen) atoms. The van der Waals surface area contributed by atoms with Gasteiger partial charge in [0.05, 0.1) is 17.4 Å². The van der Waals surface area contributed by atoms with Gasteiger partial charge in [0.2, 0.25) is 17.7 Å². The maximum atomic E-state index is 14.2. The molecule has 0 aromatic heterocycles. The number of carbonyl (C=O) groups is 3. The summed E-state index contributed by atoms with van der Waals surface area (Å²) in [4.78, 5) is 47.7. The van der Waals surface area contributed by atoms with E-state index in [0.29, 0.717) is 19.5 Å². The van der Waals surface area contributed by atoms with Crippen molar-refractivity contribution >= 4 is 23.4 Å². The Bertz CT molecular complexity index is 1120. The second-order valence-corrected chi connectivity index (χ2v) is 10.8. The Balaban J connectivity index is 1.61. The van der Waals surface area contributed by atoms with Crippen molar-refractivity contribution in [1.82, 2.24) is 9.80 Å². The third-order valence-corrected chi connectivity index (χ3v) is 8.45. The molecule has 0 radical (unpaired) electrons. The number of para-hydroxylation sites is 1. The summed E-state index contributed by atoms with van der Waals surface area (Å²) >= 11 is 0. The molecule has 0 bridgehead atoms. The molecule has 8 nitrogen and oxygen atoms in total. The Morgan fingerprint density at radius 2 is 1.76 bits per heavy atom. The van der Waals surface area contributed by atoms with E-state index in [-0.39, 0.29) is 36.9 Å². The molecule has 4 aliphatic heterocycles. The Morgan fingerprint density at radius 1 is 1.03 bits per heavy atom. The first-order valence-corrected chi connectivity index (χ1v) is 13.4. The topological polar surface area (TPSA) is 90.4 Å². The predicted molar refractivity (Wildman–Crippen MR) is 140 cm³/mol. The molecule has 3 amide bonds. The lowest BCUT2D eigenvalue weighted by molar-refractivity contribution is -0.152. The summed E-state index contributed by atoms with van der Waals surface area (Å²) < 4.78 is 6.83. The van der Waals surface area contributed by atoms with Crippen LogP contribution in [-0.4, -0.2) is 82.2 Å². The smallest absolute Gasteiger partial charge is 0.249 e. The molecule has 1 spiro atoms. The largest absolute Gasteiger partial charge is 0.396 e. The van der Waals surface area contributed by atoms with Gasteiger partial charge in [0.1, 0.15) is 11.6 Å².